The van der Waals surface area contributed by atoms with Crippen molar-refractivity contribution < 1.29 is 28.6 Å². The summed E-state index contributed by atoms with van der Waals surface area (Å²) in [6.45, 7) is 7.05. The summed E-state index contributed by atoms with van der Waals surface area (Å²) in [5, 5.41) is 0. The van der Waals surface area contributed by atoms with Crippen molar-refractivity contribution in [1.82, 2.24) is 9.80 Å². The number of likely N-dealkylation sites (N-methyl/N-ethyl adjacent to an activating group) is 2. The highest BCUT2D eigenvalue weighted by molar-refractivity contribution is 5.85. The summed E-state index contributed by atoms with van der Waals surface area (Å²) < 4.78 is 15.2. The normalized spacial score (nSPS) is 10.6. The van der Waals surface area contributed by atoms with Crippen LogP contribution in [0.2, 0.25) is 0 Å². The fourth-order valence-corrected chi connectivity index (χ4v) is 3.23. The molecule has 8 heteroatoms. The van der Waals surface area contributed by atoms with E-state index in [2.05, 4.69) is 6.92 Å². The number of esters is 1. The lowest BCUT2D eigenvalue weighted by Gasteiger charge is -2.25. The first-order valence-electron chi connectivity index (χ1n) is 12.3. The van der Waals surface area contributed by atoms with Gasteiger partial charge in [-0.1, -0.05) is 64.7 Å². The van der Waals surface area contributed by atoms with Crippen molar-refractivity contribution >= 4 is 18.0 Å². The number of rotatable bonds is 20. The highest BCUT2D eigenvalue weighted by Crippen LogP contribution is 2.10. The Morgan fingerprint density at radius 3 is 1.72 bits per heavy atom. The van der Waals surface area contributed by atoms with E-state index in [9.17, 15) is 14.4 Å². The fourth-order valence-electron chi connectivity index (χ4n) is 3.23. The third kappa shape index (κ3) is 15.9. The van der Waals surface area contributed by atoms with Crippen LogP contribution in [0.5, 0.6) is 0 Å². The molecular weight excluding hydrogens is 412 g/mol. The van der Waals surface area contributed by atoms with Gasteiger partial charge in [0.1, 0.15) is 19.7 Å². The summed E-state index contributed by atoms with van der Waals surface area (Å²) in [5.74, 6) is -0.726. The largest absolute Gasteiger partial charge is 0.464 e. The minimum Gasteiger partial charge on any atom is -0.464 e. The summed E-state index contributed by atoms with van der Waals surface area (Å²) >= 11 is 0. The Labute approximate surface area is 194 Å². The van der Waals surface area contributed by atoms with Crippen molar-refractivity contribution in [2.24, 2.45) is 0 Å². The van der Waals surface area contributed by atoms with Crippen LogP contribution in [0.3, 0.4) is 0 Å². The van der Waals surface area contributed by atoms with Crippen molar-refractivity contribution in [1.29, 1.82) is 0 Å². The van der Waals surface area contributed by atoms with Gasteiger partial charge in [-0.05, 0) is 20.3 Å². The number of carbonyl (C=O) groups is 3. The first kappa shape index (κ1) is 30.2. The summed E-state index contributed by atoms with van der Waals surface area (Å²) in [6.07, 6.45) is 11.6. The molecule has 0 unspecified atom stereocenters. The molecule has 0 aliphatic rings. The van der Waals surface area contributed by atoms with Crippen molar-refractivity contribution in [3.63, 3.8) is 0 Å². The van der Waals surface area contributed by atoms with Crippen molar-refractivity contribution in [2.45, 2.75) is 85.0 Å². The Kier molecular flexibility index (Phi) is 19.8. The van der Waals surface area contributed by atoms with Crippen molar-refractivity contribution in [2.75, 3.05) is 53.1 Å². The number of unbranched alkanes of at least 4 members (excludes halogenated alkanes) is 9. The second-order valence-corrected chi connectivity index (χ2v) is 7.93. The summed E-state index contributed by atoms with van der Waals surface area (Å²) in [7, 11) is 1.52. The van der Waals surface area contributed by atoms with Gasteiger partial charge in [-0.25, -0.2) is 4.79 Å². The number of methoxy groups -OCH3 is 1. The third-order valence-electron chi connectivity index (χ3n) is 5.29. The molecule has 0 fully saturated rings. The van der Waals surface area contributed by atoms with E-state index in [0.29, 0.717) is 26.3 Å². The first-order chi connectivity index (χ1) is 15.5. The zero-order valence-corrected chi connectivity index (χ0v) is 20.9. The lowest BCUT2D eigenvalue weighted by molar-refractivity contribution is -0.149. The standard InChI is InChI=1S/C24H46N2O6/c1-5-8-9-10-11-12-13-14-15-16-17-31-23(28)21-25(6-2)22(27)20-26(7-3)24(29)32-19-18-30-4/h5-21H2,1-4H3. The molecule has 2 amide bonds. The van der Waals surface area contributed by atoms with Gasteiger partial charge < -0.3 is 19.1 Å². The van der Waals surface area contributed by atoms with Crippen molar-refractivity contribution in [3.05, 3.63) is 0 Å². The Morgan fingerprint density at radius 2 is 1.19 bits per heavy atom. The van der Waals surface area contributed by atoms with Gasteiger partial charge >= 0.3 is 12.1 Å². The molecule has 0 radical (unpaired) electrons. The van der Waals surface area contributed by atoms with Gasteiger partial charge in [0, 0.05) is 20.2 Å². The van der Waals surface area contributed by atoms with Gasteiger partial charge in [-0.3, -0.25) is 14.5 Å². The maximum Gasteiger partial charge on any atom is 0.410 e. The predicted octanol–water partition coefficient (Wildman–Crippen LogP) is 4.40. The lowest BCUT2D eigenvalue weighted by Crippen LogP contribution is -2.45. The second-order valence-electron chi connectivity index (χ2n) is 7.93. The van der Waals surface area contributed by atoms with Gasteiger partial charge in [-0.15, -0.1) is 0 Å². The third-order valence-corrected chi connectivity index (χ3v) is 5.29. The van der Waals surface area contributed by atoms with Crippen LogP contribution in [-0.2, 0) is 23.8 Å². The number of hydrogen-bond donors (Lipinski definition) is 0. The topological polar surface area (TPSA) is 85.4 Å². The number of amides is 2. The fraction of sp³-hybridized carbons (Fsp3) is 0.875. The van der Waals surface area contributed by atoms with Crippen LogP contribution >= 0.6 is 0 Å². The van der Waals surface area contributed by atoms with Crippen LogP contribution in [0.25, 0.3) is 0 Å². The van der Waals surface area contributed by atoms with Crippen LogP contribution in [0.15, 0.2) is 0 Å². The smallest absolute Gasteiger partial charge is 0.410 e. The van der Waals surface area contributed by atoms with Crippen LogP contribution in [0.4, 0.5) is 4.79 Å². The number of hydrogen-bond acceptors (Lipinski definition) is 6. The van der Waals surface area contributed by atoms with E-state index in [1.165, 1.54) is 61.9 Å². The zero-order chi connectivity index (χ0) is 24.0. The van der Waals surface area contributed by atoms with Crippen LogP contribution in [0.1, 0.15) is 85.0 Å². The highest BCUT2D eigenvalue weighted by atomic mass is 16.6. The van der Waals surface area contributed by atoms with Gasteiger partial charge in [0.05, 0.1) is 13.2 Å². The van der Waals surface area contributed by atoms with Crippen LogP contribution in [0, 0.1) is 0 Å². The average Bonchev–Trinajstić information content (AvgIpc) is 2.79. The average molecular weight is 459 g/mol. The van der Waals surface area contributed by atoms with Gasteiger partial charge in [-0.2, -0.15) is 0 Å². The maximum atomic E-state index is 12.5. The Bertz CT molecular complexity index is 501. The van der Waals surface area contributed by atoms with Gasteiger partial charge in [0.25, 0.3) is 0 Å². The van der Waals surface area contributed by atoms with E-state index < -0.39 is 12.1 Å². The molecule has 188 valence electrons. The molecule has 0 saturated heterocycles. The molecular formula is C24H46N2O6. The van der Waals surface area contributed by atoms with E-state index in [1.54, 1.807) is 13.8 Å². The second kappa shape index (κ2) is 21.0. The van der Waals surface area contributed by atoms with Gasteiger partial charge in [0.2, 0.25) is 5.91 Å². The highest BCUT2D eigenvalue weighted by Gasteiger charge is 2.22. The Balaban J connectivity index is 4.02. The number of carbonyl (C=O) groups excluding carboxylic acids is 3. The van der Waals surface area contributed by atoms with Gasteiger partial charge in [0.15, 0.2) is 0 Å². The quantitative estimate of drug-likeness (QED) is 0.198. The molecule has 32 heavy (non-hydrogen) atoms. The first-order valence-corrected chi connectivity index (χ1v) is 12.3. The molecule has 0 aliphatic heterocycles. The number of nitrogens with zero attached hydrogens (tertiary/aromatic N) is 2. The van der Waals surface area contributed by atoms with E-state index in [4.69, 9.17) is 14.2 Å². The molecule has 0 aliphatic carbocycles. The Morgan fingerprint density at radius 1 is 0.625 bits per heavy atom. The summed E-state index contributed by atoms with van der Waals surface area (Å²) in [4.78, 5) is 39.4. The molecule has 0 saturated carbocycles. The molecule has 0 bridgehead atoms. The number of ether oxygens (including phenoxy) is 3. The lowest BCUT2D eigenvalue weighted by atomic mass is 10.1. The summed E-state index contributed by atoms with van der Waals surface area (Å²) in [5.41, 5.74) is 0. The molecule has 8 nitrogen and oxygen atoms in total. The molecule has 0 aromatic carbocycles. The minimum atomic E-state index is -0.572. The van der Waals surface area contributed by atoms with Crippen LogP contribution in [-0.4, -0.2) is 80.9 Å². The monoisotopic (exact) mass is 458 g/mol. The molecule has 0 heterocycles. The molecule has 0 atom stereocenters. The molecule has 0 N–H and O–H groups in total. The molecule has 0 spiro atoms. The zero-order valence-electron chi connectivity index (χ0n) is 20.9. The molecule has 0 aromatic heterocycles. The minimum absolute atomic E-state index is 0.108. The SMILES string of the molecule is CCCCCCCCCCCCOC(=O)CN(CC)C(=O)CN(CC)C(=O)OCCOC. The Hall–Kier alpha value is -1.83. The van der Waals surface area contributed by atoms with Crippen molar-refractivity contribution in [3.8, 4) is 0 Å². The van der Waals surface area contributed by atoms with Crippen LogP contribution < -0.4 is 0 Å². The van der Waals surface area contributed by atoms with E-state index in [0.717, 1.165) is 19.3 Å². The molecule has 0 aromatic rings. The summed E-state index contributed by atoms with van der Waals surface area (Å²) in [6, 6.07) is 0. The molecule has 0 rings (SSSR count). The maximum absolute atomic E-state index is 12.5. The predicted molar refractivity (Wildman–Crippen MR) is 126 cm³/mol. The van der Waals surface area contributed by atoms with E-state index in [-0.39, 0.29) is 25.6 Å². The van der Waals surface area contributed by atoms with E-state index in [1.807, 2.05) is 0 Å². The van der Waals surface area contributed by atoms with E-state index >= 15 is 0 Å².